The third kappa shape index (κ3) is 7.23. The highest BCUT2D eigenvalue weighted by Gasteiger charge is 2.20. The van der Waals surface area contributed by atoms with Crippen molar-refractivity contribution in [2.45, 2.75) is 70.9 Å². The molecule has 1 saturated carbocycles. The van der Waals surface area contributed by atoms with E-state index in [0.717, 1.165) is 30.6 Å². The van der Waals surface area contributed by atoms with Gasteiger partial charge in [-0.15, -0.1) is 0 Å². The minimum Gasteiger partial charge on any atom is -0.506 e. The first-order valence-electron chi connectivity index (χ1n) is 14.0. The summed E-state index contributed by atoms with van der Waals surface area (Å²) in [6, 6.07) is 14.5. The van der Waals surface area contributed by atoms with E-state index in [4.69, 9.17) is 0 Å². The summed E-state index contributed by atoms with van der Waals surface area (Å²) in [7, 11) is 0. The Bertz CT molecular complexity index is 1280. The quantitative estimate of drug-likeness (QED) is 0.299. The Balaban J connectivity index is 1.32. The number of amides is 1. The van der Waals surface area contributed by atoms with Crippen LogP contribution in [0.2, 0.25) is 0 Å². The monoisotopic (exact) mass is 519 g/mol. The first-order valence-corrected chi connectivity index (χ1v) is 14.0. The maximum Gasteiger partial charge on any atom is 0.248 e. The number of pyridine rings is 1. The van der Waals surface area contributed by atoms with Gasteiger partial charge in [0.15, 0.2) is 0 Å². The first-order chi connectivity index (χ1) is 18.3. The van der Waals surface area contributed by atoms with Crippen LogP contribution < -0.4 is 10.9 Å². The second-order valence-corrected chi connectivity index (χ2v) is 10.7. The van der Waals surface area contributed by atoms with Crippen molar-refractivity contribution in [3.8, 4) is 5.75 Å². The molecule has 204 valence electrons. The zero-order valence-electron chi connectivity index (χ0n) is 22.6. The number of benzene rings is 2. The molecule has 0 bridgehead atoms. The van der Waals surface area contributed by atoms with Crippen molar-refractivity contribution in [3.05, 3.63) is 75.6 Å². The molecule has 7 nitrogen and oxygen atoms in total. The van der Waals surface area contributed by atoms with Crippen LogP contribution in [0.5, 0.6) is 5.75 Å². The average Bonchev–Trinajstić information content (AvgIpc) is 2.91. The van der Waals surface area contributed by atoms with Crippen LogP contribution in [0.1, 0.15) is 68.7 Å². The fourth-order valence-electron chi connectivity index (χ4n) is 5.64. The molecule has 1 aliphatic carbocycles. The molecule has 4 N–H and O–H groups in total. The van der Waals surface area contributed by atoms with E-state index in [2.05, 4.69) is 36.3 Å². The van der Waals surface area contributed by atoms with E-state index in [-0.39, 0.29) is 23.3 Å². The van der Waals surface area contributed by atoms with Crippen LogP contribution in [0, 0.1) is 5.92 Å². The van der Waals surface area contributed by atoms with E-state index in [0.29, 0.717) is 35.3 Å². The van der Waals surface area contributed by atoms with Crippen molar-refractivity contribution >= 4 is 16.8 Å². The summed E-state index contributed by atoms with van der Waals surface area (Å²) in [6.07, 6.45) is 6.75. The molecule has 4 rings (SSSR count). The number of hydrogen-bond acceptors (Lipinski definition) is 5. The van der Waals surface area contributed by atoms with Crippen molar-refractivity contribution in [3.63, 3.8) is 0 Å². The Kier molecular flexibility index (Phi) is 9.58. The van der Waals surface area contributed by atoms with Gasteiger partial charge in [0.1, 0.15) is 5.75 Å². The number of phenols is 1. The highest BCUT2D eigenvalue weighted by atomic mass is 16.3. The van der Waals surface area contributed by atoms with Crippen molar-refractivity contribution in [2.75, 3.05) is 19.6 Å². The number of H-pyrrole nitrogens is 1. The summed E-state index contributed by atoms with van der Waals surface area (Å²) in [5.41, 5.74) is 2.85. The molecular weight excluding hydrogens is 478 g/mol. The highest BCUT2D eigenvalue weighted by Crippen LogP contribution is 2.28. The number of carbonyl (C=O) groups is 1. The van der Waals surface area contributed by atoms with Gasteiger partial charge in [0.25, 0.3) is 0 Å². The maximum atomic E-state index is 13.0. The van der Waals surface area contributed by atoms with Crippen LogP contribution in [0.25, 0.3) is 10.9 Å². The summed E-state index contributed by atoms with van der Waals surface area (Å²) in [5, 5.41) is 25.0. The summed E-state index contributed by atoms with van der Waals surface area (Å²) in [5.74, 6) is 0.819. The Labute approximate surface area is 224 Å². The number of aliphatic hydroxyl groups is 1. The van der Waals surface area contributed by atoms with E-state index in [1.807, 2.05) is 17.0 Å². The molecule has 38 heavy (non-hydrogen) atoms. The van der Waals surface area contributed by atoms with Crippen LogP contribution in [-0.4, -0.2) is 51.7 Å². The lowest BCUT2D eigenvalue weighted by molar-refractivity contribution is -0.131. The van der Waals surface area contributed by atoms with Gasteiger partial charge < -0.3 is 25.4 Å². The predicted octanol–water partition coefficient (Wildman–Crippen LogP) is 4.46. The fraction of sp³-hybridized carbons (Fsp3) is 0.484. The molecule has 1 aromatic heterocycles. The third-order valence-corrected chi connectivity index (χ3v) is 7.75. The summed E-state index contributed by atoms with van der Waals surface area (Å²) in [4.78, 5) is 29.4. The molecular formula is C31H41N3O4. The van der Waals surface area contributed by atoms with Gasteiger partial charge in [-0.25, -0.2) is 0 Å². The number of nitrogens with one attached hydrogen (secondary N) is 2. The lowest BCUT2D eigenvalue weighted by atomic mass is 9.89. The Hall–Kier alpha value is -3.16. The minimum atomic E-state index is -0.806. The number of likely N-dealkylation sites (N-methyl/N-ethyl adjacent to an activating group) is 1. The van der Waals surface area contributed by atoms with Gasteiger partial charge in [-0.05, 0) is 67.9 Å². The van der Waals surface area contributed by atoms with Gasteiger partial charge in [0, 0.05) is 37.1 Å². The van der Waals surface area contributed by atoms with Gasteiger partial charge >= 0.3 is 0 Å². The maximum absolute atomic E-state index is 13.0. The second-order valence-electron chi connectivity index (χ2n) is 10.7. The lowest BCUT2D eigenvalue weighted by Crippen LogP contribution is -2.36. The predicted molar refractivity (Wildman–Crippen MR) is 151 cm³/mol. The molecule has 0 saturated heterocycles. The number of aromatic hydroxyl groups is 1. The third-order valence-electron chi connectivity index (χ3n) is 7.75. The molecule has 3 aromatic rings. The molecule has 0 spiro atoms. The largest absolute Gasteiger partial charge is 0.506 e. The number of phenolic OH excluding ortho intramolecular Hbond substituents is 1. The van der Waals surface area contributed by atoms with Gasteiger partial charge in [-0.2, -0.15) is 0 Å². The smallest absolute Gasteiger partial charge is 0.248 e. The molecule has 2 atom stereocenters. The number of aromatic amines is 1. The van der Waals surface area contributed by atoms with Gasteiger partial charge in [0.2, 0.25) is 11.5 Å². The van der Waals surface area contributed by atoms with Crippen LogP contribution >= 0.6 is 0 Å². The Morgan fingerprint density at radius 2 is 1.87 bits per heavy atom. The number of nitrogens with zero attached hydrogens (tertiary/aromatic N) is 1. The highest BCUT2D eigenvalue weighted by molar-refractivity contribution is 5.87. The molecule has 1 amide bonds. The van der Waals surface area contributed by atoms with Gasteiger partial charge in [-0.1, -0.05) is 49.6 Å². The number of rotatable bonds is 11. The average molecular weight is 520 g/mol. The van der Waals surface area contributed by atoms with Crippen molar-refractivity contribution in [2.24, 2.45) is 5.92 Å². The van der Waals surface area contributed by atoms with E-state index in [1.165, 1.54) is 44.2 Å². The zero-order valence-corrected chi connectivity index (χ0v) is 22.6. The lowest BCUT2D eigenvalue weighted by Gasteiger charge is -2.29. The Morgan fingerprint density at radius 1 is 1.11 bits per heavy atom. The number of fused-ring (bicyclic) bond motifs is 1. The first kappa shape index (κ1) is 27.9. The summed E-state index contributed by atoms with van der Waals surface area (Å²) in [6.45, 7) is 6.10. The Morgan fingerprint density at radius 3 is 2.63 bits per heavy atom. The molecule has 0 radical (unpaired) electrons. The van der Waals surface area contributed by atoms with E-state index in [9.17, 15) is 19.8 Å². The topological polar surface area (TPSA) is 106 Å². The van der Waals surface area contributed by atoms with Crippen LogP contribution in [-0.2, 0) is 17.6 Å². The normalized spacial score (nSPS) is 15.9. The van der Waals surface area contributed by atoms with Gasteiger partial charge in [-0.3, -0.25) is 9.59 Å². The molecule has 2 aromatic carbocycles. The van der Waals surface area contributed by atoms with Crippen LogP contribution in [0.3, 0.4) is 0 Å². The fourth-order valence-corrected chi connectivity index (χ4v) is 5.64. The summed E-state index contributed by atoms with van der Waals surface area (Å²) >= 11 is 0. The molecule has 1 heterocycles. The van der Waals surface area contributed by atoms with Crippen LogP contribution in [0.4, 0.5) is 0 Å². The summed E-state index contributed by atoms with van der Waals surface area (Å²) < 4.78 is 0. The zero-order chi connectivity index (χ0) is 27.1. The van der Waals surface area contributed by atoms with E-state index >= 15 is 0 Å². The van der Waals surface area contributed by atoms with Crippen molar-refractivity contribution in [1.29, 1.82) is 0 Å². The van der Waals surface area contributed by atoms with E-state index < -0.39 is 6.10 Å². The van der Waals surface area contributed by atoms with Gasteiger partial charge in [0.05, 0.1) is 18.0 Å². The van der Waals surface area contributed by atoms with E-state index in [1.54, 1.807) is 12.1 Å². The van der Waals surface area contributed by atoms with Crippen LogP contribution in [0.15, 0.2) is 53.3 Å². The standard InChI is InChI=1S/C31H41N3O4/c1-3-34(20-22-8-5-4-6-9-22)30(38)18-24-11-7-10-23(17-24)16-21(2)32-19-28(36)25-12-14-27(35)31-26(25)13-15-29(37)33-31/h7,10-15,17,21-22,28,32,35-36H,3-6,8-9,16,18-20H2,1-2H3,(H,33,37)/t21?,28-/m0/s1. The number of hydrogen-bond donors (Lipinski definition) is 4. The number of aliphatic hydroxyl groups excluding tert-OH is 1. The number of carbonyl (C=O) groups excluding carboxylic acids is 1. The van der Waals surface area contributed by atoms with Crippen molar-refractivity contribution < 1.29 is 15.0 Å². The second kappa shape index (κ2) is 13.1. The molecule has 7 heteroatoms. The molecule has 1 fully saturated rings. The van der Waals surface area contributed by atoms with Crippen molar-refractivity contribution in [1.82, 2.24) is 15.2 Å². The molecule has 1 aliphatic rings. The molecule has 0 aliphatic heterocycles. The number of aromatic nitrogens is 1. The molecule has 1 unspecified atom stereocenters. The minimum absolute atomic E-state index is 0.0237. The SMILES string of the molecule is CCN(CC1CCCCC1)C(=O)Cc1cccc(CC(C)NC[C@H](O)c2ccc(O)c3[nH]c(=O)ccc23)c1.